The molecule has 31 heavy (non-hydrogen) atoms. The molecular weight excluding hydrogens is 394 g/mol. The van der Waals surface area contributed by atoms with Crippen molar-refractivity contribution in [1.29, 1.82) is 0 Å². The summed E-state index contributed by atoms with van der Waals surface area (Å²) in [6.45, 7) is 5.77. The Morgan fingerprint density at radius 3 is 2.52 bits per heavy atom. The Balaban J connectivity index is 1.53. The molecule has 0 bridgehead atoms. The summed E-state index contributed by atoms with van der Waals surface area (Å²) < 4.78 is 16.5. The number of nitrogens with one attached hydrogen (secondary N) is 1. The van der Waals surface area contributed by atoms with Gasteiger partial charge in [-0.1, -0.05) is 29.4 Å². The number of aryl methyl sites for hydroxylation is 3. The first kappa shape index (κ1) is 20.4. The maximum absolute atomic E-state index is 13.0. The minimum absolute atomic E-state index is 0.224. The third-order valence-electron chi connectivity index (χ3n) is 5.13. The lowest BCUT2D eigenvalue weighted by atomic mass is 10.0. The highest BCUT2D eigenvalue weighted by atomic mass is 16.5. The summed E-state index contributed by atoms with van der Waals surface area (Å²) in [6, 6.07) is 15.2. The van der Waals surface area contributed by atoms with Crippen LogP contribution in [0.1, 0.15) is 33.1 Å². The van der Waals surface area contributed by atoms with Gasteiger partial charge in [0.05, 0.1) is 19.3 Å². The molecule has 1 amide bonds. The van der Waals surface area contributed by atoms with Crippen LogP contribution in [0.15, 0.2) is 57.5 Å². The van der Waals surface area contributed by atoms with Crippen LogP contribution in [0.5, 0.6) is 5.75 Å². The fraction of sp³-hybridized carbons (Fsp3) is 0.208. The van der Waals surface area contributed by atoms with Crippen LogP contribution in [0.3, 0.4) is 0 Å². The van der Waals surface area contributed by atoms with E-state index in [9.17, 15) is 4.79 Å². The summed E-state index contributed by atoms with van der Waals surface area (Å²) in [6.07, 6.45) is 0. The van der Waals surface area contributed by atoms with Crippen LogP contribution >= 0.6 is 0 Å². The SMILES string of the molecule is COc1ccc(-c2nc(CNC(=O)c3c(C)noc3-c3ccccc3C)c(C)o2)cc1. The molecule has 1 N–H and O–H groups in total. The Morgan fingerprint density at radius 2 is 1.81 bits per heavy atom. The van der Waals surface area contributed by atoms with Gasteiger partial charge >= 0.3 is 0 Å². The fourth-order valence-corrected chi connectivity index (χ4v) is 3.35. The number of hydrogen-bond acceptors (Lipinski definition) is 6. The van der Waals surface area contributed by atoms with Gasteiger partial charge in [0.15, 0.2) is 5.76 Å². The maximum Gasteiger partial charge on any atom is 0.257 e. The van der Waals surface area contributed by atoms with Crippen molar-refractivity contribution >= 4 is 5.91 Å². The molecule has 0 fully saturated rings. The standard InChI is InChI=1S/C24H23N3O4/c1-14-7-5-6-8-19(14)22-21(15(2)27-31-22)23(28)25-13-20-16(3)30-24(26-20)17-9-11-18(29-4)12-10-17/h5-12H,13H2,1-4H3,(H,25,28). The minimum atomic E-state index is -0.273. The molecule has 2 aromatic heterocycles. The molecule has 0 aliphatic carbocycles. The highest BCUT2D eigenvalue weighted by molar-refractivity contribution is 6.00. The lowest BCUT2D eigenvalue weighted by Gasteiger charge is -2.06. The molecule has 2 heterocycles. The van der Waals surface area contributed by atoms with Crippen molar-refractivity contribution < 1.29 is 18.5 Å². The Hall–Kier alpha value is -3.87. The Kier molecular flexibility index (Phi) is 5.58. The quantitative estimate of drug-likeness (QED) is 0.482. The van der Waals surface area contributed by atoms with Crippen molar-refractivity contribution in [1.82, 2.24) is 15.5 Å². The molecule has 4 aromatic rings. The number of oxazole rings is 1. The van der Waals surface area contributed by atoms with Gasteiger partial charge in [0.25, 0.3) is 5.91 Å². The van der Waals surface area contributed by atoms with Crippen molar-refractivity contribution in [3.8, 4) is 28.5 Å². The fourth-order valence-electron chi connectivity index (χ4n) is 3.35. The molecule has 0 aliphatic rings. The van der Waals surface area contributed by atoms with E-state index in [2.05, 4.69) is 15.5 Å². The maximum atomic E-state index is 13.0. The number of ether oxygens (including phenoxy) is 1. The molecule has 0 saturated heterocycles. The topological polar surface area (TPSA) is 90.4 Å². The van der Waals surface area contributed by atoms with Crippen LogP contribution in [-0.4, -0.2) is 23.2 Å². The molecular formula is C24H23N3O4. The van der Waals surface area contributed by atoms with Gasteiger partial charge in [-0.2, -0.15) is 0 Å². The summed E-state index contributed by atoms with van der Waals surface area (Å²) in [4.78, 5) is 17.5. The van der Waals surface area contributed by atoms with Gasteiger partial charge in [-0.15, -0.1) is 0 Å². The zero-order chi connectivity index (χ0) is 22.0. The molecule has 0 radical (unpaired) electrons. The number of amides is 1. The number of aromatic nitrogens is 2. The van der Waals surface area contributed by atoms with Gasteiger partial charge in [0.1, 0.15) is 22.8 Å². The normalized spacial score (nSPS) is 10.8. The van der Waals surface area contributed by atoms with E-state index in [0.717, 1.165) is 22.4 Å². The first-order valence-electron chi connectivity index (χ1n) is 9.89. The molecule has 0 spiro atoms. The van der Waals surface area contributed by atoms with E-state index >= 15 is 0 Å². The molecule has 0 unspecified atom stereocenters. The van der Waals surface area contributed by atoms with E-state index in [4.69, 9.17) is 13.7 Å². The predicted octanol–water partition coefficient (Wildman–Crippen LogP) is 4.86. The zero-order valence-corrected chi connectivity index (χ0v) is 17.9. The Labute approximate surface area is 180 Å². The molecule has 0 aliphatic heterocycles. The highest BCUT2D eigenvalue weighted by Crippen LogP contribution is 2.29. The average Bonchev–Trinajstić information content (AvgIpc) is 3.35. The van der Waals surface area contributed by atoms with Gasteiger partial charge in [-0.3, -0.25) is 4.79 Å². The third kappa shape index (κ3) is 4.07. The molecule has 0 saturated carbocycles. The summed E-state index contributed by atoms with van der Waals surface area (Å²) >= 11 is 0. The number of methoxy groups -OCH3 is 1. The number of rotatable bonds is 6. The van der Waals surface area contributed by atoms with Gasteiger partial charge in [-0.05, 0) is 50.6 Å². The third-order valence-corrected chi connectivity index (χ3v) is 5.13. The van der Waals surface area contributed by atoms with Crippen molar-refractivity contribution in [2.75, 3.05) is 7.11 Å². The molecule has 2 aromatic carbocycles. The predicted molar refractivity (Wildman–Crippen MR) is 116 cm³/mol. The van der Waals surface area contributed by atoms with Gasteiger partial charge < -0.3 is 19.0 Å². The van der Waals surface area contributed by atoms with Crippen LogP contribution in [0.4, 0.5) is 0 Å². The second kappa shape index (κ2) is 8.47. The summed E-state index contributed by atoms with van der Waals surface area (Å²) in [7, 11) is 1.62. The number of hydrogen-bond donors (Lipinski definition) is 1. The lowest BCUT2D eigenvalue weighted by Crippen LogP contribution is -2.24. The van der Waals surface area contributed by atoms with E-state index < -0.39 is 0 Å². The van der Waals surface area contributed by atoms with E-state index in [-0.39, 0.29) is 12.5 Å². The van der Waals surface area contributed by atoms with Crippen LogP contribution < -0.4 is 10.1 Å². The monoisotopic (exact) mass is 417 g/mol. The average molecular weight is 417 g/mol. The minimum Gasteiger partial charge on any atom is -0.497 e. The zero-order valence-electron chi connectivity index (χ0n) is 17.9. The Bertz CT molecular complexity index is 1220. The van der Waals surface area contributed by atoms with Crippen LogP contribution in [0.2, 0.25) is 0 Å². The Morgan fingerprint density at radius 1 is 1.06 bits per heavy atom. The second-order valence-electron chi connectivity index (χ2n) is 7.22. The summed E-state index contributed by atoms with van der Waals surface area (Å²) in [5, 5.41) is 6.92. The number of carbonyl (C=O) groups is 1. The highest BCUT2D eigenvalue weighted by Gasteiger charge is 2.23. The largest absolute Gasteiger partial charge is 0.497 e. The number of benzene rings is 2. The summed E-state index contributed by atoms with van der Waals surface area (Å²) in [5.41, 5.74) is 4.29. The lowest BCUT2D eigenvalue weighted by molar-refractivity contribution is 0.0950. The molecule has 0 atom stereocenters. The first-order chi connectivity index (χ1) is 15.0. The van der Waals surface area contributed by atoms with Crippen molar-refractivity contribution in [2.45, 2.75) is 27.3 Å². The van der Waals surface area contributed by atoms with Crippen molar-refractivity contribution in [3.05, 3.63) is 76.8 Å². The second-order valence-corrected chi connectivity index (χ2v) is 7.22. The van der Waals surface area contributed by atoms with Crippen LogP contribution in [0.25, 0.3) is 22.8 Å². The van der Waals surface area contributed by atoms with E-state index in [0.29, 0.717) is 34.4 Å². The number of nitrogens with zero attached hydrogens (tertiary/aromatic N) is 2. The number of carbonyl (C=O) groups excluding carboxylic acids is 1. The molecule has 158 valence electrons. The van der Waals surface area contributed by atoms with Crippen LogP contribution in [-0.2, 0) is 6.54 Å². The molecule has 4 rings (SSSR count). The van der Waals surface area contributed by atoms with Gasteiger partial charge in [-0.25, -0.2) is 4.98 Å². The molecule has 7 heteroatoms. The smallest absolute Gasteiger partial charge is 0.257 e. The van der Waals surface area contributed by atoms with E-state index in [1.165, 1.54) is 0 Å². The van der Waals surface area contributed by atoms with E-state index in [1.807, 2.05) is 62.4 Å². The van der Waals surface area contributed by atoms with Gasteiger partial charge in [0.2, 0.25) is 5.89 Å². The van der Waals surface area contributed by atoms with E-state index in [1.54, 1.807) is 14.0 Å². The summed E-state index contributed by atoms with van der Waals surface area (Å²) in [5.74, 6) is 2.08. The first-order valence-corrected chi connectivity index (χ1v) is 9.89. The van der Waals surface area contributed by atoms with Crippen LogP contribution in [0, 0.1) is 20.8 Å². The van der Waals surface area contributed by atoms with Crippen molar-refractivity contribution in [2.24, 2.45) is 0 Å². The van der Waals surface area contributed by atoms with Gasteiger partial charge in [0, 0.05) is 11.1 Å². The molecule has 7 nitrogen and oxygen atoms in total. The van der Waals surface area contributed by atoms with Crippen molar-refractivity contribution in [3.63, 3.8) is 0 Å².